The van der Waals surface area contributed by atoms with Gasteiger partial charge in [0, 0.05) is 31.3 Å². The molecule has 1 aromatic carbocycles. The van der Waals surface area contributed by atoms with Crippen molar-refractivity contribution in [2.45, 2.75) is 12.8 Å². The van der Waals surface area contributed by atoms with Gasteiger partial charge in [-0.1, -0.05) is 18.2 Å². The zero-order valence-electron chi connectivity index (χ0n) is 11.9. The predicted molar refractivity (Wildman–Crippen MR) is 80.7 cm³/mol. The highest BCUT2D eigenvalue weighted by atomic mass is 16.2. The third kappa shape index (κ3) is 2.86. The lowest BCUT2D eigenvalue weighted by molar-refractivity contribution is -0.137. The van der Waals surface area contributed by atoms with E-state index < -0.39 is 0 Å². The maximum absolute atomic E-state index is 12.2. The molecule has 0 radical (unpaired) electrons. The summed E-state index contributed by atoms with van der Waals surface area (Å²) in [6.45, 7) is 0.627. The van der Waals surface area contributed by atoms with Gasteiger partial charge in [0.1, 0.15) is 5.82 Å². The molecule has 5 nitrogen and oxygen atoms in total. The minimum absolute atomic E-state index is 0.0212. The lowest BCUT2D eigenvalue weighted by atomic mass is 9.95. The fourth-order valence-corrected chi connectivity index (χ4v) is 2.53. The van der Waals surface area contributed by atoms with Crippen LogP contribution in [0.5, 0.6) is 0 Å². The molecule has 2 amide bonds. The maximum Gasteiger partial charge on any atom is 0.229 e. The van der Waals surface area contributed by atoms with E-state index in [9.17, 15) is 9.59 Å². The van der Waals surface area contributed by atoms with Gasteiger partial charge in [0.2, 0.25) is 11.8 Å². The second kappa shape index (κ2) is 5.52. The summed E-state index contributed by atoms with van der Waals surface area (Å²) >= 11 is 0. The van der Waals surface area contributed by atoms with Gasteiger partial charge in [-0.2, -0.15) is 0 Å². The second-order valence-corrected chi connectivity index (χ2v) is 5.38. The molecular weight excluding hydrogens is 266 g/mol. The first kappa shape index (κ1) is 13.5. The van der Waals surface area contributed by atoms with Crippen LogP contribution < -0.4 is 5.32 Å². The summed E-state index contributed by atoms with van der Waals surface area (Å²) < 4.78 is 0. The van der Waals surface area contributed by atoms with Crippen LogP contribution in [0.3, 0.4) is 0 Å². The highest BCUT2D eigenvalue weighted by molar-refractivity contribution is 5.96. The summed E-state index contributed by atoms with van der Waals surface area (Å²) in [4.78, 5) is 30.0. The Kier molecular flexibility index (Phi) is 3.56. The Morgan fingerprint density at radius 1 is 1.29 bits per heavy atom. The number of piperidine rings is 1. The van der Waals surface area contributed by atoms with E-state index >= 15 is 0 Å². The van der Waals surface area contributed by atoms with Gasteiger partial charge in [-0.25, -0.2) is 4.98 Å². The molecule has 0 bridgehead atoms. The summed E-state index contributed by atoms with van der Waals surface area (Å²) in [5.41, 5.74) is 0.842. The van der Waals surface area contributed by atoms with Crippen molar-refractivity contribution in [2.75, 3.05) is 18.9 Å². The first-order valence-electron chi connectivity index (χ1n) is 7.04. The number of carbonyl (C=O) groups excluding carboxylic acids is 2. The lowest BCUT2D eigenvalue weighted by Gasteiger charge is -2.27. The van der Waals surface area contributed by atoms with Gasteiger partial charge in [-0.05, 0) is 24.6 Å². The first-order valence-corrected chi connectivity index (χ1v) is 7.04. The van der Waals surface area contributed by atoms with Crippen molar-refractivity contribution < 1.29 is 9.59 Å². The molecule has 0 aliphatic carbocycles. The van der Waals surface area contributed by atoms with Crippen molar-refractivity contribution >= 4 is 28.5 Å². The van der Waals surface area contributed by atoms with E-state index in [1.54, 1.807) is 18.0 Å². The third-order valence-electron chi connectivity index (χ3n) is 3.88. The van der Waals surface area contributed by atoms with Crippen LogP contribution in [-0.2, 0) is 9.59 Å². The normalized spacial score (nSPS) is 18.8. The van der Waals surface area contributed by atoms with Gasteiger partial charge in [-0.15, -0.1) is 0 Å². The van der Waals surface area contributed by atoms with E-state index in [0.717, 1.165) is 10.9 Å². The summed E-state index contributed by atoms with van der Waals surface area (Å²) in [7, 11) is 1.77. The second-order valence-electron chi connectivity index (χ2n) is 5.38. The number of nitrogens with one attached hydrogen (secondary N) is 1. The number of hydrogen-bond acceptors (Lipinski definition) is 3. The van der Waals surface area contributed by atoms with Crippen LogP contribution in [-0.4, -0.2) is 35.3 Å². The molecule has 1 atom stereocenters. The number of anilines is 1. The van der Waals surface area contributed by atoms with E-state index in [2.05, 4.69) is 10.3 Å². The predicted octanol–water partition coefficient (Wildman–Crippen LogP) is 2.04. The zero-order valence-corrected chi connectivity index (χ0v) is 11.9. The molecule has 21 heavy (non-hydrogen) atoms. The molecule has 0 unspecified atom stereocenters. The van der Waals surface area contributed by atoms with Crippen molar-refractivity contribution in [3.63, 3.8) is 0 Å². The van der Waals surface area contributed by atoms with Gasteiger partial charge in [0.25, 0.3) is 0 Å². The molecular formula is C16H17N3O2. The number of carbonyl (C=O) groups is 2. The highest BCUT2D eigenvalue weighted by Crippen LogP contribution is 2.20. The fourth-order valence-electron chi connectivity index (χ4n) is 2.53. The van der Waals surface area contributed by atoms with Crippen LogP contribution in [0, 0.1) is 5.92 Å². The summed E-state index contributed by atoms with van der Waals surface area (Å²) in [5.74, 6) is 0.166. The van der Waals surface area contributed by atoms with Gasteiger partial charge in [-0.3, -0.25) is 9.59 Å². The van der Waals surface area contributed by atoms with Gasteiger partial charge < -0.3 is 10.2 Å². The summed E-state index contributed by atoms with van der Waals surface area (Å²) in [5, 5.41) is 3.85. The van der Waals surface area contributed by atoms with Crippen molar-refractivity contribution in [3.05, 3.63) is 36.4 Å². The van der Waals surface area contributed by atoms with Crippen LogP contribution in [0.25, 0.3) is 10.9 Å². The molecule has 1 aromatic heterocycles. The Morgan fingerprint density at radius 2 is 2.10 bits per heavy atom. The standard InChI is InChI=1S/C16H17N3O2/c1-19-9-8-12(10-15(19)20)16(21)18-14-7-6-11-4-2-3-5-13(11)17-14/h2-7,12H,8-10H2,1H3,(H,17,18,21)/t12-/m1/s1. The van der Waals surface area contributed by atoms with Gasteiger partial charge in [0.15, 0.2) is 0 Å². The molecule has 0 saturated carbocycles. The average molecular weight is 283 g/mol. The van der Waals surface area contributed by atoms with Crippen LogP contribution >= 0.6 is 0 Å². The zero-order chi connectivity index (χ0) is 14.8. The monoisotopic (exact) mass is 283 g/mol. The Morgan fingerprint density at radius 3 is 2.90 bits per heavy atom. The van der Waals surface area contributed by atoms with E-state index in [4.69, 9.17) is 0 Å². The first-order chi connectivity index (χ1) is 10.1. The molecule has 1 saturated heterocycles. The topological polar surface area (TPSA) is 62.3 Å². The van der Waals surface area contributed by atoms with E-state index in [0.29, 0.717) is 18.8 Å². The molecule has 1 N–H and O–H groups in total. The molecule has 1 fully saturated rings. The minimum Gasteiger partial charge on any atom is -0.346 e. The third-order valence-corrected chi connectivity index (χ3v) is 3.88. The highest BCUT2D eigenvalue weighted by Gasteiger charge is 2.28. The number of hydrogen-bond donors (Lipinski definition) is 1. The number of pyridine rings is 1. The number of para-hydroxylation sites is 1. The average Bonchev–Trinajstić information content (AvgIpc) is 2.50. The van der Waals surface area contributed by atoms with Crippen molar-refractivity contribution in [1.82, 2.24) is 9.88 Å². The molecule has 0 spiro atoms. The van der Waals surface area contributed by atoms with Crippen molar-refractivity contribution in [1.29, 1.82) is 0 Å². The maximum atomic E-state index is 12.2. The number of fused-ring (bicyclic) bond motifs is 1. The Hall–Kier alpha value is -2.43. The molecule has 3 rings (SSSR count). The minimum atomic E-state index is -0.262. The fraction of sp³-hybridized carbons (Fsp3) is 0.312. The number of likely N-dealkylation sites (tertiary alicyclic amines) is 1. The van der Waals surface area contributed by atoms with E-state index in [1.165, 1.54) is 0 Å². The number of amides is 2. The smallest absolute Gasteiger partial charge is 0.229 e. The molecule has 1 aliphatic heterocycles. The van der Waals surface area contributed by atoms with Gasteiger partial charge in [0.05, 0.1) is 5.52 Å². The molecule has 2 heterocycles. The van der Waals surface area contributed by atoms with Crippen LogP contribution in [0.4, 0.5) is 5.82 Å². The van der Waals surface area contributed by atoms with Crippen LogP contribution in [0.1, 0.15) is 12.8 Å². The lowest BCUT2D eigenvalue weighted by Crippen LogP contribution is -2.39. The largest absolute Gasteiger partial charge is 0.346 e. The number of rotatable bonds is 2. The van der Waals surface area contributed by atoms with Crippen LogP contribution in [0.2, 0.25) is 0 Å². The van der Waals surface area contributed by atoms with E-state index in [-0.39, 0.29) is 24.2 Å². The Bertz CT molecular complexity index is 699. The molecule has 108 valence electrons. The Balaban J connectivity index is 1.72. The van der Waals surface area contributed by atoms with Crippen LogP contribution in [0.15, 0.2) is 36.4 Å². The SMILES string of the molecule is CN1CC[C@@H](C(=O)Nc2ccc3ccccc3n2)CC1=O. The van der Waals surface area contributed by atoms with Gasteiger partial charge >= 0.3 is 0 Å². The van der Waals surface area contributed by atoms with Crippen molar-refractivity contribution in [3.8, 4) is 0 Å². The number of benzene rings is 1. The summed E-state index contributed by atoms with van der Waals surface area (Å²) in [6, 6.07) is 11.5. The Labute approximate surface area is 123 Å². The molecule has 1 aliphatic rings. The quantitative estimate of drug-likeness (QED) is 0.917. The number of nitrogens with zero attached hydrogens (tertiary/aromatic N) is 2. The van der Waals surface area contributed by atoms with Crippen molar-refractivity contribution in [2.24, 2.45) is 5.92 Å². The molecule has 2 aromatic rings. The van der Waals surface area contributed by atoms with E-state index in [1.807, 2.05) is 30.3 Å². The number of aromatic nitrogens is 1. The molecule has 5 heteroatoms. The summed E-state index contributed by atoms with van der Waals surface area (Å²) in [6.07, 6.45) is 0.970.